The Hall–Kier alpha value is -6.99. The van der Waals surface area contributed by atoms with Gasteiger partial charge < -0.3 is 49.0 Å². The second-order valence-electron chi connectivity index (χ2n) is 19.5. The normalized spacial score (nSPS) is 14.6. The number of hydrogen-bond donors (Lipinski definition) is 2. The van der Waals surface area contributed by atoms with Crippen LogP contribution in [0, 0.1) is 5.92 Å². The Labute approximate surface area is 426 Å². The number of carbonyl (C=O) groups is 2. The number of benzene rings is 4. The highest BCUT2D eigenvalue weighted by Crippen LogP contribution is 2.40. The molecule has 0 saturated heterocycles. The molecule has 1 aliphatic heterocycles. The number of amides is 1. The quantitative estimate of drug-likeness (QED) is 0.0800. The molecule has 4 aromatic carbocycles. The second-order valence-corrected chi connectivity index (χ2v) is 20.4. The van der Waals surface area contributed by atoms with E-state index in [1.807, 2.05) is 80.8 Å². The summed E-state index contributed by atoms with van der Waals surface area (Å²) >= 11 is 1.47. The third kappa shape index (κ3) is 9.71. The highest BCUT2D eigenvalue weighted by atomic mass is 32.1. The molecule has 5 aromatic heterocycles. The average Bonchev–Trinajstić information content (AvgIpc) is 3.73. The minimum atomic E-state index is -0.656. The molecule has 73 heavy (non-hydrogen) atoms. The maximum absolute atomic E-state index is 13.1. The van der Waals surface area contributed by atoms with Crippen molar-refractivity contribution < 1.29 is 27.8 Å². The number of para-hydroxylation sites is 2. The van der Waals surface area contributed by atoms with Crippen LogP contribution in [0.5, 0.6) is 11.5 Å². The minimum Gasteiger partial charge on any atom is -0.495 e. The van der Waals surface area contributed by atoms with Crippen molar-refractivity contribution >= 4 is 67.6 Å². The summed E-state index contributed by atoms with van der Waals surface area (Å²) < 4.78 is 50.2. The fourth-order valence-corrected chi connectivity index (χ4v) is 10.9. The number of aldehydes is 1. The Morgan fingerprint density at radius 3 is 2.07 bits per heavy atom. The first-order valence-corrected chi connectivity index (χ1v) is 25.5. The molecule has 0 spiro atoms. The molecule has 2 aliphatic rings. The fourth-order valence-electron chi connectivity index (χ4n) is 10.3. The summed E-state index contributed by atoms with van der Waals surface area (Å²) in [7, 11) is 9.33. The smallest absolute Gasteiger partial charge is 0.254 e. The summed E-state index contributed by atoms with van der Waals surface area (Å²) in [4.78, 5) is 39.9. The summed E-state index contributed by atoms with van der Waals surface area (Å²) in [6.45, 7) is 2.26. The van der Waals surface area contributed by atoms with E-state index in [-0.39, 0.29) is 12.5 Å². The van der Waals surface area contributed by atoms with Gasteiger partial charge in [-0.3, -0.25) is 9.59 Å². The highest BCUT2D eigenvalue weighted by Gasteiger charge is 2.30. The molecule has 2 unspecified atom stereocenters. The van der Waals surface area contributed by atoms with Crippen LogP contribution < -0.4 is 20.9 Å². The largest absolute Gasteiger partial charge is 0.495 e. The monoisotopic (exact) mass is 1010 g/mol. The zero-order chi connectivity index (χ0) is 51.1. The number of nitrogens with zero attached hydrogens (tertiary/aromatic N) is 9. The number of ether oxygens (including phenoxy) is 2. The number of hydrogen-bond acceptors (Lipinski definition) is 11. The molecule has 6 heterocycles. The van der Waals surface area contributed by atoms with Gasteiger partial charge >= 0.3 is 0 Å². The fraction of sp³-hybridized carbons (Fsp3) is 0.364. The van der Waals surface area contributed by atoms with Gasteiger partial charge in [0.2, 0.25) is 0 Å². The zero-order valence-corrected chi connectivity index (χ0v) is 42.7. The zero-order valence-electron chi connectivity index (χ0n) is 41.9. The molecule has 1 aliphatic carbocycles. The lowest BCUT2D eigenvalue weighted by molar-refractivity contribution is 0.0725. The van der Waals surface area contributed by atoms with Crippen molar-refractivity contribution in [3.05, 3.63) is 112 Å². The van der Waals surface area contributed by atoms with Crippen LogP contribution in [0.15, 0.2) is 85.1 Å². The third-order valence-corrected chi connectivity index (χ3v) is 15.0. The standard InChI is InChI=1S/C28H31FN6O2S.C27H30FN5O2/c1-33(15-21(30)14-29)10-8-18-12-24-23(11-20(18)17-36)32-28(34(24)2)25-13-19-5-4-6-26(37-3)27(19)35(25)16-22-7-9-31-38-22;1-31-22-10-17-8-9-32(15-19(29)13-28)27(34)20(17)12-21(22)30-26(31)23-11-18-4-3-5-24(35-2)25(18)33(23)14-16-6-7-16/h4-7,9,11-13,17,21H,8,10,14-16,30H2,1-3H3;3-5,10-12,16,19H,6-9,13-15,29H2,1-2H3. The number of aryl methyl sites for hydroxylation is 2. The number of aromatic nitrogens is 7. The van der Waals surface area contributed by atoms with Crippen LogP contribution in [0.4, 0.5) is 8.78 Å². The van der Waals surface area contributed by atoms with Crippen molar-refractivity contribution in [2.75, 3.05) is 60.8 Å². The topological polar surface area (TPSA) is 170 Å². The van der Waals surface area contributed by atoms with Gasteiger partial charge in [-0.2, -0.15) is 0 Å². The number of rotatable bonds is 18. The Morgan fingerprint density at radius 1 is 0.836 bits per heavy atom. The molecule has 1 fully saturated rings. The SMILES string of the molecule is COc1cccc2cc(-c3nc4cc(C=O)c(CCN(C)CC(N)CF)cc4n3C)n(Cc3ccns3)c12.COc1cccc2cc(-c3nc4cc5c(cc4n3C)CCN(CC(N)CF)C5=O)n(CC3CC3)c12. The lowest BCUT2D eigenvalue weighted by Gasteiger charge is -2.30. The predicted molar refractivity (Wildman–Crippen MR) is 284 cm³/mol. The minimum absolute atomic E-state index is 0.100. The van der Waals surface area contributed by atoms with Crippen LogP contribution in [0.1, 0.15) is 49.6 Å². The van der Waals surface area contributed by atoms with E-state index in [0.29, 0.717) is 49.6 Å². The highest BCUT2D eigenvalue weighted by molar-refractivity contribution is 7.05. The number of halogens is 2. The Balaban J connectivity index is 0.000000168. The molecule has 0 radical (unpaired) electrons. The van der Waals surface area contributed by atoms with Crippen molar-refractivity contribution in [2.24, 2.45) is 31.5 Å². The molecule has 15 nitrogen and oxygen atoms in total. The molecule has 2 atom stereocenters. The van der Waals surface area contributed by atoms with E-state index < -0.39 is 25.4 Å². The van der Waals surface area contributed by atoms with E-state index in [4.69, 9.17) is 30.9 Å². The van der Waals surface area contributed by atoms with E-state index in [0.717, 1.165) is 114 Å². The van der Waals surface area contributed by atoms with Crippen LogP contribution in [0.2, 0.25) is 0 Å². The number of carbonyl (C=O) groups excluding carboxylic acids is 2. The third-order valence-electron chi connectivity index (χ3n) is 14.3. The van der Waals surface area contributed by atoms with Crippen LogP contribution in [0.3, 0.4) is 0 Å². The van der Waals surface area contributed by atoms with Crippen molar-refractivity contribution in [1.82, 2.24) is 42.4 Å². The first kappa shape index (κ1) is 49.6. The summed E-state index contributed by atoms with van der Waals surface area (Å²) in [5, 5.41) is 2.18. The van der Waals surface area contributed by atoms with Gasteiger partial charge in [-0.15, -0.1) is 0 Å². The van der Waals surface area contributed by atoms with Crippen molar-refractivity contribution in [1.29, 1.82) is 0 Å². The van der Waals surface area contributed by atoms with E-state index in [2.05, 4.69) is 53.0 Å². The number of fused-ring (bicyclic) bond motifs is 5. The molecular formula is C55H61F2N11O4S. The Kier molecular flexibility index (Phi) is 14.2. The van der Waals surface area contributed by atoms with Gasteiger partial charge in [0.05, 0.1) is 71.3 Å². The van der Waals surface area contributed by atoms with Gasteiger partial charge in [0.25, 0.3) is 5.91 Å². The molecule has 11 rings (SSSR count). The van der Waals surface area contributed by atoms with Crippen LogP contribution in [0.25, 0.3) is 66.9 Å². The first-order valence-electron chi connectivity index (χ1n) is 24.7. The second kappa shape index (κ2) is 20.9. The Bertz CT molecular complexity index is 3480. The van der Waals surface area contributed by atoms with Gasteiger partial charge in [-0.1, -0.05) is 24.3 Å². The van der Waals surface area contributed by atoms with Crippen molar-refractivity contribution in [3.8, 4) is 34.5 Å². The van der Waals surface area contributed by atoms with Crippen LogP contribution in [-0.4, -0.2) is 127 Å². The predicted octanol–water partition coefficient (Wildman–Crippen LogP) is 8.20. The van der Waals surface area contributed by atoms with E-state index in [9.17, 15) is 18.4 Å². The van der Waals surface area contributed by atoms with Crippen LogP contribution in [-0.2, 0) is 40.0 Å². The van der Waals surface area contributed by atoms with E-state index in [1.165, 1.54) is 24.4 Å². The molecule has 18 heteroatoms. The lowest BCUT2D eigenvalue weighted by atomic mass is 9.97. The van der Waals surface area contributed by atoms with E-state index in [1.54, 1.807) is 19.1 Å². The van der Waals surface area contributed by atoms with Crippen LogP contribution >= 0.6 is 11.5 Å². The van der Waals surface area contributed by atoms with Gasteiger partial charge in [-0.25, -0.2) is 23.1 Å². The number of likely N-dealkylation sites (N-methyl/N-ethyl adjacent to an activating group) is 1. The maximum atomic E-state index is 13.1. The Morgan fingerprint density at radius 2 is 1.47 bits per heavy atom. The molecule has 380 valence electrons. The van der Waals surface area contributed by atoms with Gasteiger partial charge in [0, 0.05) is 85.8 Å². The molecule has 4 N–H and O–H groups in total. The number of imidazole rings is 2. The first-order chi connectivity index (χ1) is 35.4. The summed E-state index contributed by atoms with van der Waals surface area (Å²) in [6.07, 6.45) is 6.53. The maximum Gasteiger partial charge on any atom is 0.254 e. The van der Waals surface area contributed by atoms with Crippen molar-refractivity contribution in [3.63, 3.8) is 0 Å². The molecule has 0 bridgehead atoms. The summed E-state index contributed by atoms with van der Waals surface area (Å²) in [6, 6.07) is 25.2. The molecule has 9 aromatic rings. The summed E-state index contributed by atoms with van der Waals surface area (Å²) in [5.74, 6) is 3.89. The average molecular weight is 1010 g/mol. The lowest BCUT2D eigenvalue weighted by Crippen LogP contribution is -2.45. The summed E-state index contributed by atoms with van der Waals surface area (Å²) in [5.41, 5.74) is 22.3. The molecular weight excluding hydrogens is 949 g/mol. The van der Waals surface area contributed by atoms with Gasteiger partial charge in [0.1, 0.15) is 31.1 Å². The molecule has 1 saturated carbocycles. The van der Waals surface area contributed by atoms with Gasteiger partial charge in [-0.05, 0) is 116 Å². The number of nitrogens with two attached hydrogens (primary N) is 2. The number of methoxy groups -OCH3 is 2. The van der Waals surface area contributed by atoms with Gasteiger partial charge in [0.15, 0.2) is 11.6 Å². The number of alkyl halides is 2. The van der Waals surface area contributed by atoms with E-state index >= 15 is 0 Å². The molecule has 1 amide bonds. The van der Waals surface area contributed by atoms with Crippen molar-refractivity contribution in [2.45, 2.75) is 50.9 Å².